The second-order valence-corrected chi connectivity index (χ2v) is 2.64. The van der Waals surface area contributed by atoms with Gasteiger partial charge in [0.1, 0.15) is 0 Å². The minimum atomic E-state index is -1.58. The molecule has 0 heterocycles. The van der Waals surface area contributed by atoms with Crippen LogP contribution < -0.4 is 0 Å². The first kappa shape index (κ1) is 14.2. The van der Waals surface area contributed by atoms with Crippen molar-refractivity contribution in [3.63, 3.8) is 0 Å². The number of rotatable bonds is 3. The number of aromatic carboxylic acids is 3. The van der Waals surface area contributed by atoms with Crippen LogP contribution in [-0.4, -0.2) is 33.2 Å². The fourth-order valence-electron chi connectivity index (χ4n) is 1.14. The molecule has 0 atom stereocenters. The summed E-state index contributed by atoms with van der Waals surface area (Å²) in [6, 6.07) is 3.26. The Hall–Kier alpha value is -1.79. The molecule has 0 fully saturated rings. The number of hydrogen-bond donors (Lipinski definition) is 3. The predicted molar refractivity (Wildman–Crippen MR) is 47.3 cm³/mol. The van der Waals surface area contributed by atoms with E-state index in [1.807, 2.05) is 0 Å². The molecule has 1 radical (unpaired) electrons. The van der Waals surface area contributed by atoms with Crippen LogP contribution in [-0.2, 0) is 18.6 Å². The molecule has 0 spiro atoms. The van der Waals surface area contributed by atoms with Gasteiger partial charge < -0.3 is 15.3 Å². The van der Waals surface area contributed by atoms with Crippen molar-refractivity contribution in [3.05, 3.63) is 34.9 Å². The zero-order valence-corrected chi connectivity index (χ0v) is 9.14. The van der Waals surface area contributed by atoms with Crippen molar-refractivity contribution in [1.29, 1.82) is 0 Å². The number of carboxylic acids is 3. The molecule has 3 N–H and O–H groups in total. The van der Waals surface area contributed by atoms with Crippen molar-refractivity contribution >= 4 is 17.9 Å². The van der Waals surface area contributed by atoms with Crippen LogP contribution in [0.3, 0.4) is 0 Å². The summed E-state index contributed by atoms with van der Waals surface area (Å²) in [6.45, 7) is 0. The summed E-state index contributed by atoms with van der Waals surface area (Å²) >= 11 is 0. The molecule has 0 bridgehead atoms. The number of benzene rings is 1. The first-order valence-electron chi connectivity index (χ1n) is 3.78. The number of carbonyl (C=O) groups is 3. The van der Waals surface area contributed by atoms with Gasteiger partial charge in [-0.2, -0.15) is 0 Å². The molecule has 0 aliphatic rings. The fourth-order valence-corrected chi connectivity index (χ4v) is 1.14. The first-order chi connectivity index (χ1) is 6.95. The molecule has 7 heteroatoms. The largest absolute Gasteiger partial charge is 0.478 e. The van der Waals surface area contributed by atoms with E-state index < -0.39 is 34.6 Å². The summed E-state index contributed by atoms with van der Waals surface area (Å²) < 4.78 is 0. The van der Waals surface area contributed by atoms with Crippen LogP contribution in [0, 0.1) is 0 Å². The third-order valence-corrected chi connectivity index (χ3v) is 1.74. The fraction of sp³-hybridized carbons (Fsp3) is 0. The Labute approximate surface area is 101 Å². The molecule has 16 heavy (non-hydrogen) atoms. The molecule has 0 saturated carbocycles. The maximum absolute atomic E-state index is 10.7. The van der Waals surface area contributed by atoms with Gasteiger partial charge in [0.2, 0.25) is 0 Å². The van der Waals surface area contributed by atoms with Crippen LogP contribution in [0.2, 0.25) is 0 Å². The molecule has 83 valence electrons. The molecule has 0 amide bonds. The Morgan fingerprint density at radius 2 is 1.19 bits per heavy atom. The third kappa shape index (κ3) is 2.62. The van der Waals surface area contributed by atoms with Gasteiger partial charge in [0, 0.05) is 18.6 Å². The van der Waals surface area contributed by atoms with Gasteiger partial charge in [-0.25, -0.2) is 14.4 Å². The normalized spacial score (nSPS) is 9.00. The Morgan fingerprint density at radius 3 is 1.44 bits per heavy atom. The van der Waals surface area contributed by atoms with E-state index in [-0.39, 0.29) is 18.6 Å². The molecular weight excluding hydrogens is 255 g/mol. The van der Waals surface area contributed by atoms with Gasteiger partial charge in [-0.1, -0.05) is 6.07 Å². The van der Waals surface area contributed by atoms with Crippen LogP contribution >= 0.6 is 0 Å². The van der Waals surface area contributed by atoms with Gasteiger partial charge in [-0.15, -0.1) is 0 Å². The Balaban J connectivity index is 0.00000225. The third-order valence-electron chi connectivity index (χ3n) is 1.74. The summed E-state index contributed by atoms with van der Waals surface area (Å²) in [6.07, 6.45) is 0. The average molecular weight is 261 g/mol. The van der Waals surface area contributed by atoms with E-state index in [2.05, 4.69) is 0 Å². The van der Waals surface area contributed by atoms with Gasteiger partial charge in [-0.3, -0.25) is 0 Å². The second kappa shape index (κ2) is 5.34. The van der Waals surface area contributed by atoms with Crippen LogP contribution in [0.4, 0.5) is 0 Å². The van der Waals surface area contributed by atoms with E-state index in [1.54, 1.807) is 0 Å². The van der Waals surface area contributed by atoms with Crippen molar-refractivity contribution in [2.75, 3.05) is 0 Å². The van der Waals surface area contributed by atoms with Crippen LogP contribution in [0.15, 0.2) is 18.2 Å². The molecule has 1 aromatic carbocycles. The van der Waals surface area contributed by atoms with Crippen molar-refractivity contribution in [1.82, 2.24) is 0 Å². The standard InChI is InChI=1S/C9H6O6.V/c10-7(11)4-2-1-3-5(8(12)13)6(4)9(14)15;/h1-3H,(H,10,11)(H,12,13)(H,14,15);. The molecule has 0 saturated heterocycles. The summed E-state index contributed by atoms with van der Waals surface area (Å²) in [5.74, 6) is -4.53. The number of carboxylic acid groups (broad SMARTS) is 3. The Kier molecular flexibility index (Phi) is 4.74. The molecule has 1 aromatic rings. The quantitative estimate of drug-likeness (QED) is 0.741. The van der Waals surface area contributed by atoms with E-state index in [4.69, 9.17) is 15.3 Å². The van der Waals surface area contributed by atoms with Crippen molar-refractivity contribution < 1.29 is 48.3 Å². The molecule has 0 aromatic heterocycles. The summed E-state index contributed by atoms with van der Waals surface area (Å²) in [5.41, 5.74) is -1.79. The minimum absolute atomic E-state index is 0. The van der Waals surface area contributed by atoms with Crippen LogP contribution in [0.25, 0.3) is 0 Å². The summed E-state index contributed by atoms with van der Waals surface area (Å²) in [7, 11) is 0. The SMILES string of the molecule is O=C(O)c1cccc(C(=O)O)c1C(=O)O.[V]. The molecule has 0 aliphatic heterocycles. The summed E-state index contributed by atoms with van der Waals surface area (Å²) in [4.78, 5) is 32.0. The Morgan fingerprint density at radius 1 is 0.812 bits per heavy atom. The molecular formula is C9H6O6V. The van der Waals surface area contributed by atoms with Gasteiger partial charge in [0.15, 0.2) is 0 Å². The topological polar surface area (TPSA) is 112 Å². The minimum Gasteiger partial charge on any atom is -0.478 e. The molecule has 1 rings (SSSR count). The zero-order chi connectivity index (χ0) is 11.6. The zero-order valence-electron chi connectivity index (χ0n) is 7.75. The first-order valence-corrected chi connectivity index (χ1v) is 3.78. The van der Waals surface area contributed by atoms with Crippen molar-refractivity contribution in [2.45, 2.75) is 0 Å². The molecule has 0 aliphatic carbocycles. The van der Waals surface area contributed by atoms with E-state index >= 15 is 0 Å². The Bertz CT molecular complexity index is 421. The van der Waals surface area contributed by atoms with E-state index in [0.29, 0.717) is 0 Å². The van der Waals surface area contributed by atoms with Gasteiger partial charge >= 0.3 is 17.9 Å². The number of hydrogen-bond acceptors (Lipinski definition) is 3. The molecule has 0 unspecified atom stereocenters. The van der Waals surface area contributed by atoms with Gasteiger partial charge in [-0.05, 0) is 12.1 Å². The average Bonchev–Trinajstić information content (AvgIpc) is 2.16. The van der Waals surface area contributed by atoms with Crippen molar-refractivity contribution in [2.24, 2.45) is 0 Å². The maximum atomic E-state index is 10.7. The summed E-state index contributed by atoms with van der Waals surface area (Å²) in [5, 5.41) is 26.0. The smallest absolute Gasteiger partial charge is 0.337 e. The maximum Gasteiger partial charge on any atom is 0.337 e. The monoisotopic (exact) mass is 261 g/mol. The second-order valence-electron chi connectivity index (χ2n) is 2.64. The van der Waals surface area contributed by atoms with E-state index in [9.17, 15) is 14.4 Å². The molecule has 6 nitrogen and oxygen atoms in total. The van der Waals surface area contributed by atoms with Gasteiger partial charge in [0.05, 0.1) is 16.7 Å². The van der Waals surface area contributed by atoms with Gasteiger partial charge in [0.25, 0.3) is 0 Å². The predicted octanol–water partition coefficient (Wildman–Crippen LogP) is 0.779. The van der Waals surface area contributed by atoms with Crippen molar-refractivity contribution in [3.8, 4) is 0 Å². The van der Waals surface area contributed by atoms with E-state index in [1.165, 1.54) is 6.07 Å². The van der Waals surface area contributed by atoms with E-state index in [0.717, 1.165) is 12.1 Å². The van der Waals surface area contributed by atoms with Crippen LogP contribution in [0.1, 0.15) is 31.1 Å². The van der Waals surface area contributed by atoms with Crippen LogP contribution in [0.5, 0.6) is 0 Å².